The van der Waals surface area contributed by atoms with Gasteiger partial charge in [-0.25, -0.2) is 4.31 Å². The van der Waals surface area contributed by atoms with Crippen LogP contribution in [-0.2, 0) is 14.3 Å². The molecule has 0 amide bonds. The molecule has 0 spiro atoms. The first-order chi connectivity index (χ1) is 13.9. The smallest absolute Gasteiger partial charge is 0.327 e. The number of hydrogen-bond acceptors (Lipinski definition) is 9. The van der Waals surface area contributed by atoms with Crippen LogP contribution < -0.4 is 4.74 Å². The first-order valence-corrected chi connectivity index (χ1v) is 9.28. The Morgan fingerprint density at radius 1 is 1.21 bits per heavy atom. The van der Waals surface area contributed by atoms with Gasteiger partial charge in [0.1, 0.15) is 22.8 Å². The van der Waals surface area contributed by atoms with Gasteiger partial charge in [0.2, 0.25) is 0 Å². The number of aliphatic hydroxyl groups is 1. The lowest BCUT2D eigenvalue weighted by atomic mass is 10.0. The summed E-state index contributed by atoms with van der Waals surface area (Å²) in [5, 5.41) is 22.1. The molecule has 1 N–H and O–H groups in total. The number of esters is 1. The van der Waals surface area contributed by atoms with E-state index in [-0.39, 0.29) is 12.5 Å². The molecule has 2 atom stereocenters. The summed E-state index contributed by atoms with van der Waals surface area (Å²) in [7, 11) is 4.28. The van der Waals surface area contributed by atoms with Gasteiger partial charge < -0.3 is 19.3 Å². The number of nitro benzene ring substituents is 1. The molecule has 10 heteroatoms. The van der Waals surface area contributed by atoms with E-state index in [1.54, 1.807) is 49.5 Å². The second-order valence-corrected chi connectivity index (χ2v) is 7.09. The van der Waals surface area contributed by atoms with Crippen molar-refractivity contribution in [3.05, 3.63) is 64.2 Å². The van der Waals surface area contributed by atoms with Crippen molar-refractivity contribution in [3.63, 3.8) is 0 Å². The summed E-state index contributed by atoms with van der Waals surface area (Å²) in [6, 6.07) is 11.6. The highest BCUT2D eigenvalue weighted by Gasteiger charge is 2.34. The molecular formula is C19H22N2O7S. The van der Waals surface area contributed by atoms with Gasteiger partial charge in [0, 0.05) is 13.2 Å². The summed E-state index contributed by atoms with van der Waals surface area (Å²) in [6.45, 7) is 0.0852. The number of ether oxygens (including phenoxy) is 3. The number of benzene rings is 2. The number of carbonyl (C=O) groups is 1. The molecule has 0 aromatic heterocycles. The lowest BCUT2D eigenvalue weighted by Crippen LogP contribution is -2.40. The van der Waals surface area contributed by atoms with Crippen LogP contribution in [0.4, 0.5) is 5.69 Å². The average Bonchev–Trinajstić information content (AvgIpc) is 2.72. The molecule has 9 nitrogen and oxygen atoms in total. The number of para-hydroxylation sites is 1. The van der Waals surface area contributed by atoms with Gasteiger partial charge in [0.05, 0.1) is 12.0 Å². The number of aliphatic hydroxyl groups excluding tert-OH is 1. The standard InChI is InChI=1S/C19H22N2O7S/c1-20(29-16-7-5-4-6-15(16)21(24)25)17(19(23)27-3)18(22)13-8-10-14(11-9-13)28-12-26-2/h4-11,17-18,22H,12H2,1-3H3/t17-,18?/m0/s1. The van der Waals surface area contributed by atoms with Crippen LogP contribution in [0.15, 0.2) is 53.4 Å². The fraction of sp³-hybridized carbons (Fsp3) is 0.316. The Bertz CT molecular complexity index is 832. The van der Waals surface area contributed by atoms with Gasteiger partial charge in [-0.3, -0.25) is 14.9 Å². The Balaban J connectivity index is 2.24. The Labute approximate surface area is 172 Å². The van der Waals surface area contributed by atoms with Gasteiger partial charge in [-0.15, -0.1) is 0 Å². The van der Waals surface area contributed by atoms with E-state index in [0.29, 0.717) is 16.2 Å². The summed E-state index contributed by atoms with van der Waals surface area (Å²) < 4.78 is 16.4. The van der Waals surface area contributed by atoms with E-state index in [1.165, 1.54) is 24.6 Å². The molecule has 0 aliphatic carbocycles. The molecule has 1 unspecified atom stereocenters. The van der Waals surface area contributed by atoms with E-state index < -0.39 is 23.0 Å². The number of nitrogens with zero attached hydrogens (tertiary/aromatic N) is 2. The fourth-order valence-electron chi connectivity index (χ4n) is 2.56. The Morgan fingerprint density at radius 3 is 2.45 bits per heavy atom. The zero-order valence-corrected chi connectivity index (χ0v) is 17.0. The third kappa shape index (κ3) is 5.91. The SMILES string of the molecule is COCOc1ccc(C(O)[C@@H](C(=O)OC)N(C)Sc2ccccc2[N+](=O)[O-])cc1. The van der Waals surface area contributed by atoms with Crippen LogP contribution in [0.5, 0.6) is 5.75 Å². The maximum atomic E-state index is 12.4. The van der Waals surface area contributed by atoms with Crippen LogP contribution in [0, 0.1) is 10.1 Å². The molecule has 0 aliphatic heterocycles. The molecule has 156 valence electrons. The van der Waals surface area contributed by atoms with Crippen molar-refractivity contribution < 1.29 is 29.0 Å². The molecule has 0 bridgehead atoms. The van der Waals surface area contributed by atoms with Crippen LogP contribution >= 0.6 is 11.9 Å². The van der Waals surface area contributed by atoms with Gasteiger partial charge in [0.25, 0.3) is 5.69 Å². The molecule has 2 rings (SSSR count). The van der Waals surface area contributed by atoms with Gasteiger partial charge in [0.15, 0.2) is 6.79 Å². The molecule has 2 aromatic rings. The molecule has 0 heterocycles. The van der Waals surface area contributed by atoms with Crippen molar-refractivity contribution in [3.8, 4) is 5.75 Å². The fourth-order valence-corrected chi connectivity index (χ4v) is 3.57. The molecule has 0 aliphatic rings. The number of nitro groups is 1. The van der Waals surface area contributed by atoms with Crippen molar-refractivity contribution in [2.45, 2.75) is 17.0 Å². The first kappa shape index (κ1) is 22.6. The molecule has 0 radical (unpaired) electrons. The number of methoxy groups -OCH3 is 2. The first-order valence-electron chi connectivity index (χ1n) is 8.50. The number of carbonyl (C=O) groups excluding carboxylic acids is 1. The summed E-state index contributed by atoms with van der Waals surface area (Å²) in [5.41, 5.74) is 0.363. The average molecular weight is 422 g/mol. The van der Waals surface area contributed by atoms with Crippen LogP contribution in [0.25, 0.3) is 0 Å². The van der Waals surface area contributed by atoms with Crippen LogP contribution in [0.1, 0.15) is 11.7 Å². The zero-order valence-electron chi connectivity index (χ0n) is 16.2. The van der Waals surface area contributed by atoms with Crippen LogP contribution in [0.2, 0.25) is 0 Å². The molecule has 0 saturated carbocycles. The minimum atomic E-state index is -1.24. The summed E-state index contributed by atoms with van der Waals surface area (Å²) in [5.74, 6) is -0.133. The van der Waals surface area contributed by atoms with Crippen LogP contribution in [-0.4, -0.2) is 54.4 Å². The number of rotatable bonds is 10. The molecule has 0 fully saturated rings. The Morgan fingerprint density at radius 2 is 1.86 bits per heavy atom. The van der Waals surface area contributed by atoms with Crippen molar-refractivity contribution in [2.75, 3.05) is 28.1 Å². The normalized spacial score (nSPS) is 13.0. The van der Waals surface area contributed by atoms with Crippen molar-refractivity contribution in [1.82, 2.24) is 4.31 Å². The third-order valence-electron chi connectivity index (χ3n) is 4.00. The number of likely N-dealkylation sites (N-methyl/N-ethyl adjacent to an activating group) is 1. The lowest BCUT2D eigenvalue weighted by Gasteiger charge is -2.28. The van der Waals surface area contributed by atoms with Crippen molar-refractivity contribution in [1.29, 1.82) is 0 Å². The summed E-state index contributed by atoms with van der Waals surface area (Å²) >= 11 is 0.977. The topological polar surface area (TPSA) is 111 Å². The minimum absolute atomic E-state index is 0.0852. The highest BCUT2D eigenvalue weighted by molar-refractivity contribution is 7.97. The van der Waals surface area contributed by atoms with E-state index in [9.17, 15) is 20.0 Å². The van der Waals surface area contributed by atoms with Crippen molar-refractivity contribution in [2.24, 2.45) is 0 Å². The maximum absolute atomic E-state index is 12.4. The molecule has 29 heavy (non-hydrogen) atoms. The highest BCUT2D eigenvalue weighted by Crippen LogP contribution is 2.35. The predicted molar refractivity (Wildman–Crippen MR) is 106 cm³/mol. The Hall–Kier alpha value is -2.66. The third-order valence-corrected chi connectivity index (χ3v) is 5.06. The van der Waals surface area contributed by atoms with E-state index in [2.05, 4.69) is 0 Å². The van der Waals surface area contributed by atoms with Gasteiger partial charge in [-0.05, 0) is 42.8 Å². The highest BCUT2D eigenvalue weighted by atomic mass is 32.2. The second-order valence-electron chi connectivity index (χ2n) is 5.90. The number of hydrogen-bond donors (Lipinski definition) is 1. The lowest BCUT2D eigenvalue weighted by molar-refractivity contribution is -0.387. The van der Waals surface area contributed by atoms with E-state index in [1.807, 2.05) is 0 Å². The van der Waals surface area contributed by atoms with Gasteiger partial charge >= 0.3 is 5.97 Å². The molecule has 2 aromatic carbocycles. The quantitative estimate of drug-likeness (QED) is 0.203. The van der Waals surface area contributed by atoms with Crippen molar-refractivity contribution >= 4 is 23.6 Å². The van der Waals surface area contributed by atoms with Crippen LogP contribution in [0.3, 0.4) is 0 Å². The van der Waals surface area contributed by atoms with Gasteiger partial charge in [-0.2, -0.15) is 0 Å². The largest absolute Gasteiger partial charge is 0.468 e. The predicted octanol–water partition coefficient (Wildman–Crippen LogP) is 2.79. The maximum Gasteiger partial charge on any atom is 0.327 e. The monoisotopic (exact) mass is 422 g/mol. The van der Waals surface area contributed by atoms with E-state index in [0.717, 1.165) is 11.9 Å². The minimum Gasteiger partial charge on any atom is -0.468 e. The summed E-state index contributed by atoms with van der Waals surface area (Å²) in [6.07, 6.45) is -1.24. The zero-order chi connectivity index (χ0) is 21.4. The Kier molecular flexibility index (Phi) is 8.40. The second kappa shape index (κ2) is 10.8. The van der Waals surface area contributed by atoms with E-state index >= 15 is 0 Å². The van der Waals surface area contributed by atoms with Gasteiger partial charge in [-0.1, -0.05) is 24.3 Å². The molecular weight excluding hydrogens is 400 g/mol. The summed E-state index contributed by atoms with van der Waals surface area (Å²) in [4.78, 5) is 23.4. The molecule has 0 saturated heterocycles. The van der Waals surface area contributed by atoms with E-state index in [4.69, 9.17) is 14.2 Å².